The van der Waals surface area contributed by atoms with E-state index in [0.717, 1.165) is 5.56 Å². The minimum Gasteiger partial charge on any atom is -0.492 e. The van der Waals surface area contributed by atoms with Crippen molar-refractivity contribution in [3.05, 3.63) is 15.6 Å². The fourth-order valence-electron chi connectivity index (χ4n) is 2.30. The van der Waals surface area contributed by atoms with E-state index in [-0.39, 0.29) is 5.91 Å². The Morgan fingerprint density at radius 3 is 1.86 bits per heavy atom. The first kappa shape index (κ1) is 17.6. The molecule has 0 spiro atoms. The zero-order valence-electron chi connectivity index (χ0n) is 13.4. The molecule has 0 saturated carbocycles. The van der Waals surface area contributed by atoms with E-state index in [2.05, 4.69) is 15.9 Å². The minimum absolute atomic E-state index is 0.0661. The van der Waals surface area contributed by atoms with Gasteiger partial charge < -0.3 is 19.1 Å². The first-order valence-corrected chi connectivity index (χ1v) is 7.54. The van der Waals surface area contributed by atoms with Gasteiger partial charge in [-0.3, -0.25) is 4.79 Å². The third-order valence-electron chi connectivity index (χ3n) is 3.42. The Hall–Kier alpha value is -1.43. The van der Waals surface area contributed by atoms with Crippen LogP contribution in [0.1, 0.15) is 29.8 Å². The van der Waals surface area contributed by atoms with E-state index in [0.29, 0.717) is 40.4 Å². The number of methoxy groups -OCH3 is 3. The van der Waals surface area contributed by atoms with Gasteiger partial charge in [0.1, 0.15) is 0 Å². The predicted octanol–water partition coefficient (Wildman–Crippen LogP) is 3.27. The van der Waals surface area contributed by atoms with Gasteiger partial charge in [0.05, 0.1) is 31.4 Å². The Morgan fingerprint density at radius 2 is 1.48 bits per heavy atom. The van der Waals surface area contributed by atoms with E-state index in [9.17, 15) is 4.79 Å². The Labute approximate surface area is 134 Å². The van der Waals surface area contributed by atoms with Crippen LogP contribution in [0.25, 0.3) is 0 Å². The van der Waals surface area contributed by atoms with Crippen LogP contribution < -0.4 is 14.2 Å². The molecule has 0 bridgehead atoms. The third kappa shape index (κ3) is 3.10. The molecule has 118 valence electrons. The van der Waals surface area contributed by atoms with Crippen molar-refractivity contribution >= 4 is 21.8 Å². The first-order chi connectivity index (χ1) is 9.98. The zero-order chi connectivity index (χ0) is 16.2. The Bertz CT molecular complexity index is 496. The summed E-state index contributed by atoms with van der Waals surface area (Å²) in [6, 6.07) is 0. The first-order valence-electron chi connectivity index (χ1n) is 6.75. The van der Waals surface area contributed by atoms with E-state index in [1.54, 1.807) is 12.0 Å². The highest BCUT2D eigenvalue weighted by Gasteiger charge is 2.28. The summed E-state index contributed by atoms with van der Waals surface area (Å²) < 4.78 is 16.7. The fourth-order valence-corrected chi connectivity index (χ4v) is 3.11. The average molecular weight is 360 g/mol. The van der Waals surface area contributed by atoms with Gasteiger partial charge in [0, 0.05) is 18.7 Å². The van der Waals surface area contributed by atoms with Gasteiger partial charge >= 0.3 is 0 Å². The summed E-state index contributed by atoms with van der Waals surface area (Å²) in [5.74, 6) is 1.37. The van der Waals surface area contributed by atoms with Crippen LogP contribution in [0.3, 0.4) is 0 Å². The molecule has 0 unspecified atom stereocenters. The highest BCUT2D eigenvalue weighted by molar-refractivity contribution is 9.10. The number of hydrogen-bond acceptors (Lipinski definition) is 4. The maximum atomic E-state index is 12.7. The number of nitrogens with zero attached hydrogens (tertiary/aromatic N) is 1. The van der Waals surface area contributed by atoms with Crippen LogP contribution in [0.4, 0.5) is 0 Å². The second kappa shape index (κ2) is 7.54. The molecule has 5 nitrogen and oxygen atoms in total. The van der Waals surface area contributed by atoms with Gasteiger partial charge in [-0.15, -0.1) is 0 Å². The topological polar surface area (TPSA) is 48.0 Å². The Morgan fingerprint density at radius 1 is 1.00 bits per heavy atom. The Kier molecular flexibility index (Phi) is 6.33. The smallest absolute Gasteiger partial charge is 0.255 e. The number of carbonyl (C=O) groups is 1. The van der Waals surface area contributed by atoms with Gasteiger partial charge in [0.2, 0.25) is 5.75 Å². The highest BCUT2D eigenvalue weighted by atomic mass is 79.9. The fraction of sp³-hybridized carbons (Fsp3) is 0.533. The van der Waals surface area contributed by atoms with Crippen LogP contribution in [0.5, 0.6) is 17.2 Å². The molecule has 1 amide bonds. The number of hydrogen-bond donors (Lipinski definition) is 0. The molecule has 1 aromatic carbocycles. The lowest BCUT2D eigenvalue weighted by molar-refractivity contribution is 0.0770. The molecule has 0 fully saturated rings. The van der Waals surface area contributed by atoms with Crippen molar-refractivity contribution in [1.82, 2.24) is 4.90 Å². The number of amides is 1. The number of benzene rings is 1. The molecule has 0 aliphatic carbocycles. The number of carbonyl (C=O) groups excluding carboxylic acids is 1. The lowest BCUT2D eigenvalue weighted by atomic mass is 10.0. The highest BCUT2D eigenvalue weighted by Crippen LogP contribution is 2.47. The molecule has 0 aliphatic heterocycles. The summed E-state index contributed by atoms with van der Waals surface area (Å²) in [5, 5.41) is 0. The van der Waals surface area contributed by atoms with Crippen LogP contribution in [0, 0.1) is 6.92 Å². The number of rotatable bonds is 6. The lowest BCUT2D eigenvalue weighted by Gasteiger charge is -2.24. The van der Waals surface area contributed by atoms with Crippen LogP contribution in [-0.4, -0.2) is 45.2 Å². The third-order valence-corrected chi connectivity index (χ3v) is 4.18. The van der Waals surface area contributed by atoms with Gasteiger partial charge in [-0.25, -0.2) is 0 Å². The minimum atomic E-state index is -0.0661. The van der Waals surface area contributed by atoms with Gasteiger partial charge in [0.25, 0.3) is 5.91 Å². The van der Waals surface area contributed by atoms with E-state index in [4.69, 9.17) is 14.2 Å². The molecule has 0 aromatic heterocycles. The molecule has 6 heteroatoms. The molecule has 0 radical (unpaired) electrons. The van der Waals surface area contributed by atoms with Crippen molar-refractivity contribution in [2.75, 3.05) is 34.4 Å². The second-order valence-electron chi connectivity index (χ2n) is 4.39. The maximum absolute atomic E-state index is 12.7. The summed E-state index contributed by atoms with van der Waals surface area (Å²) in [6.07, 6.45) is 0. The van der Waals surface area contributed by atoms with Crippen molar-refractivity contribution in [1.29, 1.82) is 0 Å². The molecule has 0 N–H and O–H groups in total. The van der Waals surface area contributed by atoms with Crippen LogP contribution >= 0.6 is 15.9 Å². The van der Waals surface area contributed by atoms with E-state index >= 15 is 0 Å². The molecule has 0 saturated heterocycles. The second-order valence-corrected chi connectivity index (χ2v) is 5.18. The summed E-state index contributed by atoms with van der Waals surface area (Å²) >= 11 is 3.47. The Balaban J connectivity index is 3.63. The molecule has 21 heavy (non-hydrogen) atoms. The molecule has 0 atom stereocenters. The van der Waals surface area contributed by atoms with Crippen molar-refractivity contribution in [3.63, 3.8) is 0 Å². The van der Waals surface area contributed by atoms with Gasteiger partial charge in [-0.2, -0.15) is 0 Å². The monoisotopic (exact) mass is 359 g/mol. The zero-order valence-corrected chi connectivity index (χ0v) is 15.0. The SMILES string of the molecule is CCN(CC)C(=O)c1c(C)c(OC)c(OC)c(OC)c1Br. The van der Waals surface area contributed by atoms with E-state index in [1.165, 1.54) is 14.2 Å². The summed E-state index contributed by atoms with van der Waals surface area (Å²) in [5.41, 5.74) is 1.26. The van der Waals surface area contributed by atoms with Crippen molar-refractivity contribution in [3.8, 4) is 17.2 Å². The predicted molar refractivity (Wildman–Crippen MR) is 85.8 cm³/mol. The molecule has 1 aromatic rings. The van der Waals surface area contributed by atoms with Gasteiger partial charge in [-0.05, 0) is 36.7 Å². The summed E-state index contributed by atoms with van der Waals surface area (Å²) in [6.45, 7) is 7.00. The molecule has 0 heterocycles. The standard InChI is InChI=1S/C15H22BrNO4/c1-7-17(8-2)15(18)10-9(3)12(19-4)14(21-6)13(20-5)11(10)16/h7-8H2,1-6H3. The number of ether oxygens (including phenoxy) is 3. The number of halogens is 1. The maximum Gasteiger partial charge on any atom is 0.255 e. The normalized spacial score (nSPS) is 10.2. The largest absolute Gasteiger partial charge is 0.492 e. The van der Waals surface area contributed by atoms with Gasteiger partial charge in [0.15, 0.2) is 11.5 Å². The van der Waals surface area contributed by atoms with Crippen LogP contribution in [0.15, 0.2) is 4.47 Å². The van der Waals surface area contributed by atoms with Crippen molar-refractivity contribution < 1.29 is 19.0 Å². The lowest BCUT2D eigenvalue weighted by Crippen LogP contribution is -2.31. The van der Waals surface area contributed by atoms with E-state index in [1.807, 2.05) is 20.8 Å². The molecular weight excluding hydrogens is 338 g/mol. The molecule has 1 rings (SSSR count). The quantitative estimate of drug-likeness (QED) is 0.781. The molecule has 0 aliphatic rings. The average Bonchev–Trinajstić information content (AvgIpc) is 2.47. The summed E-state index contributed by atoms with van der Waals surface area (Å²) in [4.78, 5) is 14.5. The van der Waals surface area contributed by atoms with Crippen molar-refractivity contribution in [2.45, 2.75) is 20.8 Å². The van der Waals surface area contributed by atoms with Crippen molar-refractivity contribution in [2.24, 2.45) is 0 Å². The van der Waals surface area contributed by atoms with Crippen LogP contribution in [0.2, 0.25) is 0 Å². The van der Waals surface area contributed by atoms with Gasteiger partial charge in [-0.1, -0.05) is 0 Å². The molecular formula is C15H22BrNO4. The summed E-state index contributed by atoms with van der Waals surface area (Å²) in [7, 11) is 4.62. The van der Waals surface area contributed by atoms with Crippen LogP contribution in [-0.2, 0) is 0 Å². The van der Waals surface area contributed by atoms with E-state index < -0.39 is 0 Å².